The Kier molecular flexibility index (Phi) is 9.02. The molecule has 1 aliphatic heterocycles. The molecule has 1 saturated heterocycles. The van der Waals surface area contributed by atoms with Gasteiger partial charge in [0.1, 0.15) is 18.0 Å². The van der Waals surface area contributed by atoms with Crippen LogP contribution in [0.3, 0.4) is 0 Å². The van der Waals surface area contributed by atoms with Crippen molar-refractivity contribution in [3.8, 4) is 11.3 Å². The summed E-state index contributed by atoms with van der Waals surface area (Å²) in [6, 6.07) is 5.23. The minimum Gasteiger partial charge on any atom is -0.444 e. The van der Waals surface area contributed by atoms with E-state index in [9.17, 15) is 32.7 Å². The lowest BCUT2D eigenvalue weighted by atomic mass is 9.91. The number of carbonyl (C=O) groups excluding carboxylic acids is 2. The van der Waals surface area contributed by atoms with Crippen molar-refractivity contribution in [1.82, 2.24) is 38.7 Å². The predicted molar refractivity (Wildman–Crippen MR) is 170 cm³/mol. The number of amides is 2. The maximum Gasteiger partial charge on any atom is 0.410 e. The Morgan fingerprint density at radius 3 is 2.51 bits per heavy atom. The molecule has 6 rings (SSSR count). The average Bonchev–Trinajstić information content (AvgIpc) is 3.78. The standard InChI is InChI=1S/C33H39F3N8O5/c1-32(2,3)49-31(47)40(4)23-14-20-5-6-21(13-22(20)15-23)25-17-37-29-30(46)42(19-38-44(25)29)18-33(48)8-11-41(12-9-33)27(45)16-24(28(35)36)43-10-7-26(34)39-43/h5-7,10,13,17,19,23-24,28,48H,8-9,11-12,14-16,18H2,1-4H3. The van der Waals surface area contributed by atoms with Gasteiger partial charge in [0, 0.05) is 44.0 Å². The molecule has 4 aromatic rings. The Labute approximate surface area is 279 Å². The van der Waals surface area contributed by atoms with Gasteiger partial charge in [-0.3, -0.25) is 18.8 Å². The van der Waals surface area contributed by atoms with Crippen LogP contribution in [0.5, 0.6) is 0 Å². The quantitative estimate of drug-likeness (QED) is 0.298. The van der Waals surface area contributed by atoms with E-state index in [-0.39, 0.29) is 50.3 Å². The summed E-state index contributed by atoms with van der Waals surface area (Å²) in [5.74, 6) is -1.48. The van der Waals surface area contributed by atoms with Gasteiger partial charge in [-0.15, -0.1) is 5.10 Å². The van der Waals surface area contributed by atoms with Crippen LogP contribution in [0.25, 0.3) is 16.9 Å². The number of alkyl halides is 2. The van der Waals surface area contributed by atoms with E-state index in [0.29, 0.717) is 18.5 Å². The third-order valence-electron chi connectivity index (χ3n) is 9.24. The van der Waals surface area contributed by atoms with Crippen LogP contribution in [0.2, 0.25) is 0 Å². The third kappa shape index (κ3) is 7.19. The van der Waals surface area contributed by atoms with Gasteiger partial charge >= 0.3 is 6.09 Å². The van der Waals surface area contributed by atoms with E-state index in [1.807, 2.05) is 39.0 Å². The number of nitrogens with zero attached hydrogens (tertiary/aromatic N) is 8. The molecule has 3 aromatic heterocycles. The number of fused-ring (bicyclic) bond motifs is 2. The zero-order chi connectivity index (χ0) is 35.2. The van der Waals surface area contributed by atoms with E-state index in [1.54, 1.807) is 18.1 Å². The number of carbonyl (C=O) groups is 2. The molecule has 2 atom stereocenters. The van der Waals surface area contributed by atoms with Gasteiger partial charge in [-0.1, -0.05) is 12.1 Å². The minimum absolute atomic E-state index is 0.0500. The molecule has 49 heavy (non-hydrogen) atoms. The summed E-state index contributed by atoms with van der Waals surface area (Å²) in [7, 11) is 1.74. The molecule has 0 bridgehead atoms. The number of likely N-dealkylation sites (N-methyl/N-ethyl adjacent to an activating group) is 1. The number of benzene rings is 1. The summed E-state index contributed by atoms with van der Waals surface area (Å²) in [4.78, 5) is 46.3. The van der Waals surface area contributed by atoms with Crippen LogP contribution >= 0.6 is 0 Å². The lowest BCUT2D eigenvalue weighted by Gasteiger charge is -2.38. The van der Waals surface area contributed by atoms with Crippen molar-refractivity contribution in [2.75, 3.05) is 20.1 Å². The number of halogens is 3. The molecule has 16 heteroatoms. The fourth-order valence-corrected chi connectivity index (χ4v) is 6.48. The van der Waals surface area contributed by atoms with E-state index in [4.69, 9.17) is 4.74 Å². The molecule has 2 aliphatic rings. The summed E-state index contributed by atoms with van der Waals surface area (Å²) in [6.07, 6.45) is 1.63. The highest BCUT2D eigenvalue weighted by Gasteiger charge is 2.37. The van der Waals surface area contributed by atoms with Crippen LogP contribution in [-0.2, 0) is 28.9 Å². The first kappa shape index (κ1) is 34.1. The second-order valence-corrected chi connectivity index (χ2v) is 13.9. The lowest BCUT2D eigenvalue weighted by Crippen LogP contribution is -2.50. The maximum absolute atomic E-state index is 13.6. The number of hydrogen-bond acceptors (Lipinski definition) is 8. The van der Waals surface area contributed by atoms with Crippen LogP contribution in [0.4, 0.5) is 18.0 Å². The van der Waals surface area contributed by atoms with Crippen molar-refractivity contribution in [2.45, 2.75) is 89.1 Å². The Bertz CT molecular complexity index is 1920. The van der Waals surface area contributed by atoms with Crippen LogP contribution < -0.4 is 5.56 Å². The summed E-state index contributed by atoms with van der Waals surface area (Å²) in [5, 5.41) is 19.2. The number of aliphatic hydroxyl groups is 1. The largest absolute Gasteiger partial charge is 0.444 e. The van der Waals surface area contributed by atoms with E-state index in [1.165, 1.54) is 20.3 Å². The van der Waals surface area contributed by atoms with Gasteiger partial charge in [-0.25, -0.2) is 23.1 Å². The van der Waals surface area contributed by atoms with E-state index in [2.05, 4.69) is 15.2 Å². The molecule has 4 heterocycles. The van der Waals surface area contributed by atoms with E-state index in [0.717, 1.165) is 33.6 Å². The van der Waals surface area contributed by atoms with Gasteiger partial charge < -0.3 is 19.6 Å². The Balaban J connectivity index is 1.11. The average molecular weight is 685 g/mol. The number of hydrogen-bond donors (Lipinski definition) is 1. The summed E-state index contributed by atoms with van der Waals surface area (Å²) < 4.78 is 49.6. The first-order chi connectivity index (χ1) is 23.1. The van der Waals surface area contributed by atoms with E-state index >= 15 is 0 Å². The van der Waals surface area contributed by atoms with Crippen molar-refractivity contribution >= 4 is 17.6 Å². The van der Waals surface area contributed by atoms with Gasteiger partial charge in [0.05, 0.1) is 30.5 Å². The summed E-state index contributed by atoms with van der Waals surface area (Å²) in [5.41, 5.74) is 1.28. The highest BCUT2D eigenvalue weighted by Crippen LogP contribution is 2.31. The molecular formula is C33H39F3N8O5. The number of rotatable bonds is 8. The third-order valence-corrected chi connectivity index (χ3v) is 9.24. The molecule has 0 radical (unpaired) electrons. The van der Waals surface area contributed by atoms with Gasteiger partial charge in [0.2, 0.25) is 17.5 Å². The number of imidazole rings is 1. The molecule has 1 aromatic carbocycles. The fraction of sp³-hybridized carbons (Fsp3) is 0.515. The van der Waals surface area contributed by atoms with Crippen molar-refractivity contribution in [2.24, 2.45) is 0 Å². The molecule has 262 valence electrons. The predicted octanol–water partition coefficient (Wildman–Crippen LogP) is 3.48. The van der Waals surface area contributed by atoms with Crippen molar-refractivity contribution in [1.29, 1.82) is 0 Å². The molecule has 0 saturated carbocycles. The normalized spacial score (nSPS) is 18.1. The van der Waals surface area contributed by atoms with Crippen LogP contribution in [0.15, 0.2) is 47.8 Å². The Morgan fingerprint density at radius 2 is 1.86 bits per heavy atom. The van der Waals surface area contributed by atoms with Gasteiger partial charge in [0.25, 0.3) is 12.0 Å². The number of piperidine rings is 1. The van der Waals surface area contributed by atoms with Gasteiger partial charge in [-0.05, 0) is 63.6 Å². The summed E-state index contributed by atoms with van der Waals surface area (Å²) >= 11 is 0. The number of likely N-dealkylation sites (tertiary alicyclic amines) is 1. The van der Waals surface area contributed by atoms with Crippen molar-refractivity contribution in [3.05, 3.63) is 70.4 Å². The molecule has 13 nitrogen and oxygen atoms in total. The topological polar surface area (TPSA) is 140 Å². The first-order valence-corrected chi connectivity index (χ1v) is 16.1. The molecule has 2 unspecified atom stereocenters. The van der Waals surface area contributed by atoms with Crippen LogP contribution in [0.1, 0.15) is 57.2 Å². The SMILES string of the molecule is CN(C(=O)OC(C)(C)C)C1Cc2ccc(-c3cnc4c(=O)n(CC5(O)CCN(C(=O)CC(C(F)F)n6ccc(F)n6)CC5)cnn34)cc2C1. The maximum atomic E-state index is 13.6. The number of aromatic nitrogens is 6. The molecule has 1 aliphatic carbocycles. The Hall–Kier alpha value is -4.73. The molecular weight excluding hydrogens is 645 g/mol. The highest BCUT2D eigenvalue weighted by atomic mass is 19.3. The van der Waals surface area contributed by atoms with E-state index < -0.39 is 47.5 Å². The smallest absolute Gasteiger partial charge is 0.410 e. The van der Waals surface area contributed by atoms with Crippen LogP contribution in [0, 0.1) is 5.95 Å². The second-order valence-electron chi connectivity index (χ2n) is 13.9. The number of ether oxygens (including phenoxy) is 1. The lowest BCUT2D eigenvalue weighted by molar-refractivity contribution is -0.138. The first-order valence-electron chi connectivity index (χ1n) is 16.1. The zero-order valence-electron chi connectivity index (χ0n) is 27.7. The molecule has 1 N–H and O–H groups in total. The monoisotopic (exact) mass is 684 g/mol. The molecule has 0 spiro atoms. The zero-order valence-corrected chi connectivity index (χ0v) is 27.7. The molecule has 1 fully saturated rings. The van der Waals surface area contributed by atoms with Crippen molar-refractivity contribution < 1.29 is 32.6 Å². The van der Waals surface area contributed by atoms with Crippen molar-refractivity contribution in [3.63, 3.8) is 0 Å². The highest BCUT2D eigenvalue weighted by molar-refractivity contribution is 5.77. The molecule has 2 amide bonds. The second kappa shape index (κ2) is 12.9. The van der Waals surface area contributed by atoms with Gasteiger partial charge in [-0.2, -0.15) is 9.49 Å². The fourth-order valence-electron chi connectivity index (χ4n) is 6.48. The van der Waals surface area contributed by atoms with Crippen LogP contribution in [-0.4, -0.2) is 99.7 Å². The Morgan fingerprint density at radius 1 is 1.14 bits per heavy atom. The summed E-state index contributed by atoms with van der Waals surface area (Å²) in [6.45, 7) is 5.56. The minimum atomic E-state index is -2.93. The van der Waals surface area contributed by atoms with Gasteiger partial charge in [0.15, 0.2) is 0 Å².